The minimum atomic E-state index is -1.88. The van der Waals surface area contributed by atoms with Crippen molar-refractivity contribution < 1.29 is 84.2 Å². The molecule has 9 fully saturated rings. The molecule has 18 nitrogen and oxygen atoms in total. The van der Waals surface area contributed by atoms with Crippen molar-refractivity contribution in [1.29, 1.82) is 0 Å². The Labute approximate surface area is 369 Å². The first-order valence-electron chi connectivity index (χ1n) is 23.9. The Hall–Kier alpha value is -0.720. The van der Waals surface area contributed by atoms with E-state index in [1.165, 1.54) is 25.7 Å². The lowest BCUT2D eigenvalue weighted by Gasteiger charge is -2.61. The molecule has 63 heavy (non-hydrogen) atoms. The van der Waals surface area contributed by atoms with E-state index >= 15 is 0 Å². The lowest BCUT2D eigenvalue weighted by atomic mass is 9.44. The molecule has 362 valence electrons. The van der Waals surface area contributed by atoms with Crippen LogP contribution < -0.4 is 5.32 Å². The maximum absolute atomic E-state index is 11.5. The molecule has 27 atom stereocenters. The van der Waals surface area contributed by atoms with E-state index in [-0.39, 0.29) is 22.7 Å². The molecular weight excluding hydrogens is 826 g/mol. The van der Waals surface area contributed by atoms with Crippen LogP contribution in [0.15, 0.2) is 0 Å². The summed E-state index contributed by atoms with van der Waals surface area (Å²) in [6.07, 6.45) is -13.8. The highest BCUT2D eigenvalue weighted by Crippen LogP contribution is 2.71. The van der Waals surface area contributed by atoms with Crippen molar-refractivity contribution in [2.24, 2.45) is 52.3 Å². The number of aliphatic hydroxyl groups excluding tert-OH is 10. The van der Waals surface area contributed by atoms with Gasteiger partial charge in [0.25, 0.3) is 0 Å². The Bertz CT molecular complexity index is 1570. The maximum Gasteiger partial charge on any atom is 0.187 e. The normalized spacial score (nSPS) is 58.2. The first-order chi connectivity index (χ1) is 30.0. The molecule has 4 saturated carbocycles. The van der Waals surface area contributed by atoms with Crippen LogP contribution in [0.2, 0.25) is 0 Å². The average molecular weight is 902 g/mol. The second-order valence-corrected chi connectivity index (χ2v) is 21.7. The Kier molecular flexibility index (Phi) is 13.5. The predicted octanol–water partition coefficient (Wildman–Crippen LogP) is -1.16. The van der Waals surface area contributed by atoms with E-state index in [1.807, 2.05) is 0 Å². The molecule has 0 amide bonds. The molecule has 1 spiro atoms. The van der Waals surface area contributed by atoms with E-state index in [2.05, 4.69) is 33.0 Å². The summed E-state index contributed by atoms with van der Waals surface area (Å²) in [5.41, 5.74) is 0.241. The van der Waals surface area contributed by atoms with Gasteiger partial charge in [0.05, 0.1) is 32.0 Å². The number of fused-ring (bicyclic) bond motifs is 7. The van der Waals surface area contributed by atoms with Gasteiger partial charge in [0.2, 0.25) is 0 Å². The molecule has 0 unspecified atom stereocenters. The van der Waals surface area contributed by atoms with Gasteiger partial charge in [-0.2, -0.15) is 0 Å². The van der Waals surface area contributed by atoms with Crippen LogP contribution in [-0.2, 0) is 33.2 Å². The van der Waals surface area contributed by atoms with Crippen LogP contribution in [0.3, 0.4) is 0 Å². The highest BCUT2D eigenvalue weighted by molar-refractivity contribution is 5.16. The van der Waals surface area contributed by atoms with Gasteiger partial charge >= 0.3 is 0 Å². The van der Waals surface area contributed by atoms with Crippen molar-refractivity contribution in [2.75, 3.05) is 26.4 Å². The van der Waals surface area contributed by atoms with Gasteiger partial charge in [-0.25, -0.2) is 0 Å². The van der Waals surface area contributed by atoms with E-state index in [0.29, 0.717) is 47.5 Å². The van der Waals surface area contributed by atoms with Gasteiger partial charge in [0.15, 0.2) is 18.9 Å². The topological polar surface area (TPSA) is 279 Å². The molecular formula is C45H75NO17. The third-order valence-electron chi connectivity index (χ3n) is 18.5. The molecule has 18 heteroatoms. The molecule has 0 radical (unpaired) electrons. The molecule has 5 aliphatic heterocycles. The van der Waals surface area contributed by atoms with Gasteiger partial charge in [0.1, 0.15) is 79.0 Å². The Morgan fingerprint density at radius 2 is 1.17 bits per heavy atom. The number of piperidine rings is 1. The highest BCUT2D eigenvalue weighted by Gasteiger charge is 2.69. The molecule has 0 aromatic rings. The monoisotopic (exact) mass is 902 g/mol. The SMILES string of the molecule is C[C@H]1CC[C@]2(NC1)O[C@H]1C[C@H]3[C@@H]4CC[C@H]5C[C@@H](O[C@H]6O[C@@H](CO)[C@H](O[C@@H]7O[C@@H](CO)[C@@H](O)[C@H](O)[C@@H]7O[C@@H]7O[C@H](CO)[C@@H](O)[C@H](O)[C@H]7O)[C@@H](O)[C@H]6O)CC[C@]5(C)[C@H]4CC[C@]3(C)[C@H]1[C@@H]2C. The molecule has 9 rings (SSSR count). The number of hydrogen-bond acceptors (Lipinski definition) is 18. The molecule has 11 N–H and O–H groups in total. The summed E-state index contributed by atoms with van der Waals surface area (Å²) < 4.78 is 42.6. The van der Waals surface area contributed by atoms with Crippen molar-refractivity contribution >= 4 is 0 Å². The zero-order valence-corrected chi connectivity index (χ0v) is 37.1. The summed E-state index contributed by atoms with van der Waals surface area (Å²) >= 11 is 0. The van der Waals surface area contributed by atoms with E-state index in [1.54, 1.807) is 0 Å². The van der Waals surface area contributed by atoms with Crippen LogP contribution in [0.25, 0.3) is 0 Å². The van der Waals surface area contributed by atoms with E-state index in [0.717, 1.165) is 45.1 Å². The minimum Gasteiger partial charge on any atom is -0.394 e. The molecule has 0 aromatic heterocycles. The van der Waals surface area contributed by atoms with Crippen LogP contribution in [0.4, 0.5) is 0 Å². The fraction of sp³-hybridized carbons (Fsp3) is 1.00. The smallest absolute Gasteiger partial charge is 0.187 e. The number of rotatable bonds is 9. The van der Waals surface area contributed by atoms with Crippen LogP contribution in [0.5, 0.6) is 0 Å². The van der Waals surface area contributed by atoms with Crippen LogP contribution in [0, 0.1) is 52.3 Å². The van der Waals surface area contributed by atoms with Crippen LogP contribution in [0.1, 0.15) is 91.9 Å². The molecule has 5 heterocycles. The number of aliphatic hydroxyl groups is 10. The van der Waals surface area contributed by atoms with Crippen molar-refractivity contribution in [3.05, 3.63) is 0 Å². The molecule has 0 bridgehead atoms. The zero-order chi connectivity index (χ0) is 44.9. The van der Waals surface area contributed by atoms with E-state index < -0.39 is 112 Å². The first-order valence-corrected chi connectivity index (χ1v) is 23.9. The Balaban J connectivity index is 0.833. The third kappa shape index (κ3) is 7.88. The van der Waals surface area contributed by atoms with Gasteiger partial charge in [-0.1, -0.05) is 27.7 Å². The van der Waals surface area contributed by atoms with E-state index in [4.69, 9.17) is 33.2 Å². The second-order valence-electron chi connectivity index (χ2n) is 21.7. The Morgan fingerprint density at radius 3 is 1.86 bits per heavy atom. The quantitative estimate of drug-likeness (QED) is 0.122. The summed E-state index contributed by atoms with van der Waals surface area (Å²) in [4.78, 5) is 0. The van der Waals surface area contributed by atoms with Crippen molar-refractivity contribution in [3.63, 3.8) is 0 Å². The zero-order valence-electron chi connectivity index (χ0n) is 37.1. The molecule has 0 aromatic carbocycles. The summed E-state index contributed by atoms with van der Waals surface area (Å²) in [5.74, 6) is 4.08. The summed E-state index contributed by atoms with van der Waals surface area (Å²) in [7, 11) is 0. The molecule has 5 saturated heterocycles. The van der Waals surface area contributed by atoms with Gasteiger partial charge in [-0.05, 0) is 111 Å². The fourth-order valence-corrected chi connectivity index (χ4v) is 14.9. The summed E-state index contributed by atoms with van der Waals surface area (Å²) in [5, 5.41) is 110. The standard InChI is InChI=1S/C45H75NO17/c1-19-7-12-45(46-15-19)20(2)30-26(63-45)14-25-23-6-5-21-13-22(8-10-43(21,3)24(23)9-11-44(25,30)4)57-40-37(56)35(54)38(29(18-49)60-40)61-42-39(34(53)32(51)28(17-48)59-42)62-41-36(55)33(52)31(50)27(16-47)58-41/h19-42,46-56H,5-18H2,1-4H3/t19-,20-,21-,22-,23+,24-,25-,26-,27+,28-,29-,30-,31+,32+,33-,34-,35-,36+,37+,38-,39-,40-,41-,42-,43-,44-,45-/m0/s1. The number of ether oxygens (including phenoxy) is 7. The molecule has 9 aliphatic rings. The summed E-state index contributed by atoms with van der Waals surface area (Å²) in [6.45, 7) is 8.65. The predicted molar refractivity (Wildman–Crippen MR) is 218 cm³/mol. The van der Waals surface area contributed by atoms with Crippen LogP contribution >= 0.6 is 0 Å². The largest absolute Gasteiger partial charge is 0.394 e. The maximum atomic E-state index is 11.5. The molecule has 4 aliphatic carbocycles. The van der Waals surface area contributed by atoms with Gasteiger partial charge in [-0.15, -0.1) is 0 Å². The third-order valence-corrected chi connectivity index (χ3v) is 18.5. The second kappa shape index (κ2) is 18.0. The minimum absolute atomic E-state index is 0.146. The lowest BCUT2D eigenvalue weighted by Crippen LogP contribution is -2.67. The highest BCUT2D eigenvalue weighted by atomic mass is 16.8. The number of nitrogens with one attached hydrogen (secondary N) is 1. The van der Waals surface area contributed by atoms with E-state index in [9.17, 15) is 51.1 Å². The first kappa shape index (κ1) is 47.4. The number of hydrogen-bond donors (Lipinski definition) is 11. The average Bonchev–Trinajstić information content (AvgIpc) is 3.72. The fourth-order valence-electron chi connectivity index (χ4n) is 14.9. The van der Waals surface area contributed by atoms with Crippen LogP contribution in [-0.4, -0.2) is 187 Å². The van der Waals surface area contributed by atoms with Crippen molar-refractivity contribution in [2.45, 2.75) is 202 Å². The summed E-state index contributed by atoms with van der Waals surface area (Å²) in [6, 6.07) is 0. The van der Waals surface area contributed by atoms with Crippen molar-refractivity contribution in [1.82, 2.24) is 5.32 Å². The van der Waals surface area contributed by atoms with Crippen molar-refractivity contribution in [3.8, 4) is 0 Å². The van der Waals surface area contributed by atoms with Gasteiger partial charge in [-0.3, -0.25) is 5.32 Å². The van der Waals surface area contributed by atoms with Gasteiger partial charge < -0.3 is 84.2 Å². The lowest BCUT2D eigenvalue weighted by molar-refractivity contribution is -0.390. The Morgan fingerprint density at radius 1 is 0.571 bits per heavy atom. The van der Waals surface area contributed by atoms with Gasteiger partial charge in [0, 0.05) is 12.5 Å².